The van der Waals surface area contributed by atoms with Crippen molar-refractivity contribution in [3.05, 3.63) is 47.1 Å². The summed E-state index contributed by atoms with van der Waals surface area (Å²) in [6.07, 6.45) is 1.88. The largest absolute Gasteiger partial charge is 0.340 e. The van der Waals surface area contributed by atoms with Gasteiger partial charge in [0.25, 0.3) is 5.91 Å². The first-order valence-corrected chi connectivity index (χ1v) is 10.5. The number of piperazine rings is 1. The number of aryl methyl sites for hydroxylation is 1. The zero-order chi connectivity index (χ0) is 22.0. The Balaban J connectivity index is 1.39. The van der Waals surface area contributed by atoms with E-state index in [1.54, 1.807) is 0 Å². The molecule has 0 saturated carbocycles. The van der Waals surface area contributed by atoms with Gasteiger partial charge in [-0.2, -0.15) is 4.98 Å². The highest BCUT2D eigenvalue weighted by molar-refractivity contribution is 5.95. The SMILES string of the molecule is CN1CCN(C(=O)CCc2nc(C3CCCN3C(=O)c3cc(F)ccc3F)no2)CC1. The number of hydrogen-bond acceptors (Lipinski definition) is 6. The monoisotopic (exact) mass is 433 g/mol. The van der Waals surface area contributed by atoms with E-state index < -0.39 is 23.6 Å². The first-order chi connectivity index (χ1) is 14.9. The van der Waals surface area contributed by atoms with Gasteiger partial charge in [-0.25, -0.2) is 8.78 Å². The van der Waals surface area contributed by atoms with Crippen molar-refractivity contribution in [1.29, 1.82) is 0 Å². The second-order valence-corrected chi connectivity index (χ2v) is 8.01. The van der Waals surface area contributed by atoms with Crippen LogP contribution in [0.25, 0.3) is 0 Å². The average Bonchev–Trinajstić information content (AvgIpc) is 3.43. The average molecular weight is 433 g/mol. The number of rotatable bonds is 5. The van der Waals surface area contributed by atoms with Crippen LogP contribution in [0.15, 0.2) is 22.7 Å². The van der Waals surface area contributed by atoms with Gasteiger partial charge in [-0.05, 0) is 38.1 Å². The number of likely N-dealkylation sites (tertiary alicyclic amines) is 1. The first kappa shape index (κ1) is 21.4. The molecular weight excluding hydrogens is 408 g/mol. The Morgan fingerprint density at radius 2 is 1.94 bits per heavy atom. The summed E-state index contributed by atoms with van der Waals surface area (Å²) in [4.78, 5) is 35.0. The van der Waals surface area contributed by atoms with Crippen LogP contribution in [-0.2, 0) is 11.2 Å². The summed E-state index contributed by atoms with van der Waals surface area (Å²) in [5.74, 6) is -1.35. The highest BCUT2D eigenvalue weighted by Crippen LogP contribution is 2.32. The molecule has 2 saturated heterocycles. The molecule has 0 spiro atoms. The van der Waals surface area contributed by atoms with Gasteiger partial charge in [-0.1, -0.05) is 5.16 Å². The van der Waals surface area contributed by atoms with Crippen LogP contribution in [0.5, 0.6) is 0 Å². The lowest BCUT2D eigenvalue weighted by Gasteiger charge is -2.32. The summed E-state index contributed by atoms with van der Waals surface area (Å²) in [6.45, 7) is 3.52. The van der Waals surface area contributed by atoms with Gasteiger partial charge in [0.15, 0.2) is 5.82 Å². The van der Waals surface area contributed by atoms with Crippen LogP contribution >= 0.6 is 0 Å². The number of halogens is 2. The Bertz CT molecular complexity index is 958. The molecule has 0 radical (unpaired) electrons. The maximum absolute atomic E-state index is 14.1. The summed E-state index contributed by atoms with van der Waals surface area (Å²) in [5, 5.41) is 3.99. The molecule has 0 aliphatic carbocycles. The summed E-state index contributed by atoms with van der Waals surface area (Å²) in [5.41, 5.74) is -0.312. The third-order valence-electron chi connectivity index (χ3n) is 5.86. The van der Waals surface area contributed by atoms with Crippen LogP contribution in [-0.4, -0.2) is 76.4 Å². The normalized spacial score (nSPS) is 19.8. The van der Waals surface area contributed by atoms with Crippen LogP contribution in [0.3, 0.4) is 0 Å². The van der Waals surface area contributed by atoms with Gasteiger partial charge in [0.1, 0.15) is 11.6 Å². The maximum Gasteiger partial charge on any atom is 0.257 e. The van der Waals surface area contributed by atoms with Crippen LogP contribution in [0.1, 0.15) is 47.4 Å². The van der Waals surface area contributed by atoms with Crippen molar-refractivity contribution in [3.8, 4) is 0 Å². The number of carbonyl (C=O) groups is 2. The van der Waals surface area contributed by atoms with E-state index in [0.717, 1.165) is 31.3 Å². The van der Waals surface area contributed by atoms with Crippen LogP contribution < -0.4 is 0 Å². The molecule has 4 rings (SSSR count). The molecule has 1 atom stereocenters. The Morgan fingerprint density at radius 3 is 2.71 bits per heavy atom. The molecule has 3 heterocycles. The van der Waals surface area contributed by atoms with Crippen molar-refractivity contribution < 1.29 is 22.9 Å². The highest BCUT2D eigenvalue weighted by Gasteiger charge is 2.35. The molecule has 0 N–H and O–H groups in total. The molecule has 2 aromatic rings. The Hall–Kier alpha value is -2.88. The molecule has 2 aliphatic heterocycles. The molecule has 2 aliphatic rings. The maximum atomic E-state index is 14.1. The molecule has 0 bridgehead atoms. The van der Waals surface area contributed by atoms with Crippen LogP contribution in [0.4, 0.5) is 8.78 Å². The first-order valence-electron chi connectivity index (χ1n) is 10.5. The van der Waals surface area contributed by atoms with E-state index in [1.165, 1.54) is 4.90 Å². The zero-order valence-electron chi connectivity index (χ0n) is 17.4. The second kappa shape index (κ2) is 9.09. The number of nitrogens with zero attached hydrogens (tertiary/aromatic N) is 5. The van der Waals surface area contributed by atoms with Gasteiger partial charge in [0.05, 0.1) is 11.6 Å². The lowest BCUT2D eigenvalue weighted by atomic mass is 10.1. The summed E-state index contributed by atoms with van der Waals surface area (Å²) < 4.78 is 32.9. The number of benzene rings is 1. The fraction of sp³-hybridized carbons (Fsp3) is 0.524. The van der Waals surface area contributed by atoms with Crippen molar-refractivity contribution in [1.82, 2.24) is 24.8 Å². The minimum Gasteiger partial charge on any atom is -0.340 e. The van der Waals surface area contributed by atoms with E-state index in [9.17, 15) is 18.4 Å². The Kier molecular flexibility index (Phi) is 6.26. The number of hydrogen-bond donors (Lipinski definition) is 0. The standard InChI is InChI=1S/C21H25F2N5O3/c1-26-9-11-27(12-10-26)19(29)7-6-18-24-20(25-31-18)17-3-2-8-28(17)21(30)15-13-14(22)4-5-16(15)23/h4-5,13,17H,2-3,6-12H2,1H3. The molecule has 166 valence electrons. The molecule has 2 fully saturated rings. The zero-order valence-corrected chi connectivity index (χ0v) is 17.4. The second-order valence-electron chi connectivity index (χ2n) is 8.01. The minimum atomic E-state index is -0.770. The summed E-state index contributed by atoms with van der Waals surface area (Å²) in [7, 11) is 2.03. The predicted octanol–water partition coefficient (Wildman–Crippen LogP) is 2.03. The van der Waals surface area contributed by atoms with E-state index in [2.05, 4.69) is 15.0 Å². The third-order valence-corrected chi connectivity index (χ3v) is 5.86. The van der Waals surface area contributed by atoms with E-state index >= 15 is 0 Å². The van der Waals surface area contributed by atoms with Gasteiger partial charge in [0, 0.05) is 45.6 Å². The fourth-order valence-corrected chi connectivity index (χ4v) is 4.03. The Labute approximate surface area is 178 Å². The molecule has 10 heteroatoms. The van der Waals surface area contributed by atoms with Crippen molar-refractivity contribution in [2.45, 2.75) is 31.7 Å². The van der Waals surface area contributed by atoms with Crippen molar-refractivity contribution >= 4 is 11.8 Å². The van der Waals surface area contributed by atoms with Crippen molar-refractivity contribution in [3.63, 3.8) is 0 Å². The molecular formula is C21H25F2N5O3. The van der Waals surface area contributed by atoms with E-state index in [0.29, 0.717) is 50.6 Å². The van der Waals surface area contributed by atoms with Crippen molar-refractivity contribution in [2.75, 3.05) is 39.8 Å². The lowest BCUT2D eigenvalue weighted by Crippen LogP contribution is -2.47. The van der Waals surface area contributed by atoms with E-state index in [-0.39, 0.29) is 17.9 Å². The molecule has 8 nitrogen and oxygen atoms in total. The molecule has 1 aromatic carbocycles. The van der Waals surface area contributed by atoms with Crippen molar-refractivity contribution in [2.24, 2.45) is 0 Å². The smallest absolute Gasteiger partial charge is 0.257 e. The van der Waals surface area contributed by atoms with E-state index in [1.807, 2.05) is 11.9 Å². The van der Waals surface area contributed by atoms with E-state index in [4.69, 9.17) is 4.52 Å². The van der Waals surface area contributed by atoms with Gasteiger partial charge in [-0.3, -0.25) is 9.59 Å². The quantitative estimate of drug-likeness (QED) is 0.718. The molecule has 1 aromatic heterocycles. The van der Waals surface area contributed by atoms with Gasteiger partial charge in [-0.15, -0.1) is 0 Å². The summed E-state index contributed by atoms with van der Waals surface area (Å²) >= 11 is 0. The predicted molar refractivity (Wildman–Crippen MR) is 106 cm³/mol. The number of carbonyl (C=O) groups excluding carboxylic acids is 2. The van der Waals surface area contributed by atoms with Gasteiger partial charge < -0.3 is 19.2 Å². The lowest BCUT2D eigenvalue weighted by molar-refractivity contribution is -0.132. The molecule has 1 unspecified atom stereocenters. The number of amides is 2. The van der Waals surface area contributed by atoms with Crippen LogP contribution in [0.2, 0.25) is 0 Å². The Morgan fingerprint density at radius 1 is 1.16 bits per heavy atom. The minimum absolute atomic E-state index is 0.0482. The number of aromatic nitrogens is 2. The number of likely N-dealkylation sites (N-methyl/N-ethyl adjacent to an activating group) is 1. The molecule has 2 amide bonds. The summed E-state index contributed by atoms with van der Waals surface area (Å²) in [6, 6.07) is 2.35. The third kappa shape index (κ3) is 4.73. The highest BCUT2D eigenvalue weighted by atomic mass is 19.1. The molecule has 31 heavy (non-hydrogen) atoms. The topological polar surface area (TPSA) is 82.8 Å². The van der Waals surface area contributed by atoms with Crippen LogP contribution in [0, 0.1) is 11.6 Å². The van der Waals surface area contributed by atoms with Gasteiger partial charge >= 0.3 is 0 Å². The fourth-order valence-electron chi connectivity index (χ4n) is 4.03. The van der Waals surface area contributed by atoms with Gasteiger partial charge in [0.2, 0.25) is 11.8 Å².